The third kappa shape index (κ3) is 4.14. The first kappa shape index (κ1) is 22.7. The third-order valence-corrected chi connectivity index (χ3v) is 5.98. The molecule has 1 aliphatic heterocycles. The number of urea groups is 1. The molecule has 0 spiro atoms. The summed E-state index contributed by atoms with van der Waals surface area (Å²) < 4.78 is 16.9. The van der Waals surface area contributed by atoms with Gasteiger partial charge in [-0.25, -0.2) is 14.1 Å². The molecule has 2 heterocycles. The molecular weight excluding hydrogens is 489 g/mol. The molecule has 0 aliphatic carbocycles. The van der Waals surface area contributed by atoms with Crippen LogP contribution in [0.4, 0.5) is 14.9 Å². The van der Waals surface area contributed by atoms with Crippen molar-refractivity contribution in [2.75, 3.05) is 4.90 Å². The van der Waals surface area contributed by atoms with Gasteiger partial charge in [-0.2, -0.15) is 0 Å². The minimum absolute atomic E-state index is 0.176. The number of nitrogens with one attached hydrogen (secondary N) is 1. The van der Waals surface area contributed by atoms with E-state index in [-0.39, 0.29) is 5.57 Å². The van der Waals surface area contributed by atoms with Gasteiger partial charge in [-0.3, -0.25) is 14.9 Å². The Kier molecular flexibility index (Phi) is 5.80. The van der Waals surface area contributed by atoms with Crippen LogP contribution in [0.25, 0.3) is 11.8 Å². The molecule has 1 N–H and O–H groups in total. The number of barbiturate groups is 1. The minimum Gasteiger partial charge on any atom is -0.315 e. The Balaban J connectivity index is 1.79. The Morgan fingerprint density at radius 2 is 1.61 bits per heavy atom. The van der Waals surface area contributed by atoms with Gasteiger partial charge >= 0.3 is 6.03 Å². The average molecular weight is 510 g/mol. The van der Waals surface area contributed by atoms with E-state index in [1.807, 2.05) is 26.8 Å². The monoisotopic (exact) mass is 509 g/mol. The summed E-state index contributed by atoms with van der Waals surface area (Å²) in [7, 11) is 0. The second kappa shape index (κ2) is 8.44. The Hall–Kier alpha value is -3.52. The average Bonchev–Trinajstić information content (AvgIpc) is 2.98. The summed E-state index contributed by atoms with van der Waals surface area (Å²) >= 11 is 3.26. The molecule has 168 valence electrons. The van der Waals surface area contributed by atoms with Gasteiger partial charge in [-0.05, 0) is 86.9 Å². The van der Waals surface area contributed by atoms with E-state index in [4.69, 9.17) is 0 Å². The molecule has 1 saturated heterocycles. The fourth-order valence-electron chi connectivity index (χ4n) is 4.09. The van der Waals surface area contributed by atoms with Gasteiger partial charge in [0.2, 0.25) is 0 Å². The van der Waals surface area contributed by atoms with Crippen LogP contribution < -0.4 is 10.2 Å². The van der Waals surface area contributed by atoms with Crippen molar-refractivity contribution in [1.29, 1.82) is 0 Å². The van der Waals surface area contributed by atoms with E-state index in [9.17, 15) is 18.8 Å². The zero-order valence-corrected chi connectivity index (χ0v) is 20.1. The Labute approximate surface area is 198 Å². The molecule has 0 bridgehead atoms. The van der Waals surface area contributed by atoms with Gasteiger partial charge in [-0.1, -0.05) is 22.0 Å². The second-order valence-electron chi connectivity index (χ2n) is 8.06. The van der Waals surface area contributed by atoms with Gasteiger partial charge in [0.1, 0.15) is 11.4 Å². The predicted molar refractivity (Wildman–Crippen MR) is 128 cm³/mol. The van der Waals surface area contributed by atoms with E-state index in [0.29, 0.717) is 27.1 Å². The van der Waals surface area contributed by atoms with E-state index in [1.165, 1.54) is 12.1 Å². The van der Waals surface area contributed by atoms with Gasteiger partial charge in [0.15, 0.2) is 0 Å². The van der Waals surface area contributed by atoms with E-state index in [2.05, 4.69) is 21.2 Å². The number of hydrogen-bond donors (Lipinski definition) is 1. The molecule has 0 unspecified atom stereocenters. The van der Waals surface area contributed by atoms with Crippen LogP contribution in [0.1, 0.15) is 28.1 Å². The summed E-state index contributed by atoms with van der Waals surface area (Å²) in [5, 5.41) is 2.24. The first-order chi connectivity index (χ1) is 15.6. The Morgan fingerprint density at radius 1 is 0.939 bits per heavy atom. The van der Waals surface area contributed by atoms with Crippen molar-refractivity contribution in [3.05, 3.63) is 86.4 Å². The number of halogens is 2. The van der Waals surface area contributed by atoms with Crippen molar-refractivity contribution >= 4 is 45.5 Å². The zero-order chi connectivity index (χ0) is 24.0. The molecule has 8 heteroatoms. The molecule has 1 aliphatic rings. The molecular formula is C25H21BrFN3O3. The van der Waals surface area contributed by atoms with Gasteiger partial charge in [0.05, 0.1) is 11.4 Å². The minimum atomic E-state index is -0.797. The van der Waals surface area contributed by atoms with Gasteiger partial charge in [0, 0.05) is 15.9 Å². The highest BCUT2D eigenvalue weighted by Crippen LogP contribution is 2.28. The number of carbonyl (C=O) groups excluding carboxylic acids is 3. The number of anilines is 1. The molecule has 6 nitrogen and oxygen atoms in total. The number of aryl methyl sites for hydroxylation is 3. The molecule has 4 rings (SSSR count). The lowest BCUT2D eigenvalue weighted by Crippen LogP contribution is -2.54. The number of nitrogens with zero attached hydrogens (tertiary/aromatic N) is 2. The maximum Gasteiger partial charge on any atom is 0.335 e. The first-order valence-corrected chi connectivity index (χ1v) is 11.0. The van der Waals surface area contributed by atoms with Crippen LogP contribution in [-0.4, -0.2) is 22.4 Å². The molecule has 0 radical (unpaired) electrons. The number of amides is 4. The maximum atomic E-state index is 14.6. The Morgan fingerprint density at radius 3 is 2.24 bits per heavy atom. The lowest BCUT2D eigenvalue weighted by molar-refractivity contribution is -0.122. The molecule has 0 saturated carbocycles. The van der Waals surface area contributed by atoms with Crippen LogP contribution in [0.3, 0.4) is 0 Å². The molecule has 2 aromatic carbocycles. The quantitative estimate of drug-likeness (QED) is 0.385. The number of rotatable bonds is 3. The van der Waals surface area contributed by atoms with Crippen LogP contribution in [0.15, 0.2) is 52.5 Å². The fourth-order valence-corrected chi connectivity index (χ4v) is 4.43. The predicted octanol–water partition coefficient (Wildman–Crippen LogP) is 5.28. The first-order valence-electron chi connectivity index (χ1n) is 10.2. The third-order valence-electron chi connectivity index (χ3n) is 5.49. The van der Waals surface area contributed by atoms with Gasteiger partial charge in [-0.15, -0.1) is 0 Å². The standard InChI is InChI=1S/C25H21BrFN3O3/c1-13-7-14(2)9-19(8-13)30-24(32)20(23(31)28-25(30)33)11-17-10-15(3)29(16(17)4)22-6-5-18(26)12-21(22)27/h5-12H,1-4H3,(H,28,31,33)/b20-11+. The van der Waals surface area contributed by atoms with Gasteiger partial charge in [0.25, 0.3) is 11.8 Å². The number of hydrogen-bond acceptors (Lipinski definition) is 3. The van der Waals surface area contributed by atoms with Crippen LogP contribution >= 0.6 is 15.9 Å². The van der Waals surface area contributed by atoms with Crippen molar-refractivity contribution in [2.24, 2.45) is 0 Å². The normalized spacial score (nSPS) is 15.4. The SMILES string of the molecule is Cc1cc(C)cc(N2C(=O)NC(=O)/C(=C\c3cc(C)n(-c4ccc(Br)cc4F)c3C)C2=O)c1. The molecule has 33 heavy (non-hydrogen) atoms. The van der Waals surface area contributed by atoms with Crippen molar-refractivity contribution in [3.8, 4) is 5.69 Å². The van der Waals surface area contributed by atoms with Crippen LogP contribution in [-0.2, 0) is 9.59 Å². The number of benzene rings is 2. The van der Waals surface area contributed by atoms with Crippen LogP contribution in [0, 0.1) is 33.5 Å². The van der Waals surface area contributed by atoms with Crippen molar-refractivity contribution < 1.29 is 18.8 Å². The van der Waals surface area contributed by atoms with Crippen molar-refractivity contribution in [3.63, 3.8) is 0 Å². The summed E-state index contributed by atoms with van der Waals surface area (Å²) in [6, 6.07) is 11.1. The van der Waals surface area contributed by atoms with Crippen LogP contribution in [0.5, 0.6) is 0 Å². The Bertz CT molecular complexity index is 1350. The largest absolute Gasteiger partial charge is 0.335 e. The topological polar surface area (TPSA) is 71.4 Å². The maximum absolute atomic E-state index is 14.6. The fraction of sp³-hybridized carbons (Fsp3) is 0.160. The zero-order valence-electron chi connectivity index (χ0n) is 18.5. The summed E-state index contributed by atoms with van der Waals surface area (Å²) in [6.45, 7) is 7.31. The number of imide groups is 2. The summed E-state index contributed by atoms with van der Waals surface area (Å²) in [4.78, 5) is 39.3. The van der Waals surface area contributed by atoms with Gasteiger partial charge < -0.3 is 4.57 Å². The smallest absolute Gasteiger partial charge is 0.315 e. The lowest BCUT2D eigenvalue weighted by atomic mass is 10.1. The van der Waals surface area contributed by atoms with E-state index >= 15 is 0 Å². The molecule has 0 atom stereocenters. The second-order valence-corrected chi connectivity index (χ2v) is 8.98. The highest BCUT2D eigenvalue weighted by atomic mass is 79.9. The highest BCUT2D eigenvalue weighted by Gasteiger charge is 2.37. The molecule has 1 aromatic heterocycles. The van der Waals surface area contributed by atoms with E-state index < -0.39 is 23.7 Å². The molecule has 3 aromatic rings. The van der Waals surface area contributed by atoms with Crippen molar-refractivity contribution in [2.45, 2.75) is 27.7 Å². The lowest BCUT2D eigenvalue weighted by Gasteiger charge is -2.27. The van der Waals surface area contributed by atoms with E-state index in [1.54, 1.807) is 41.8 Å². The molecule has 4 amide bonds. The number of carbonyl (C=O) groups is 3. The highest BCUT2D eigenvalue weighted by molar-refractivity contribution is 9.10. The summed E-state index contributed by atoms with van der Waals surface area (Å²) in [6.07, 6.45) is 1.44. The van der Waals surface area contributed by atoms with E-state index in [0.717, 1.165) is 21.7 Å². The van der Waals surface area contributed by atoms with Crippen LogP contribution in [0.2, 0.25) is 0 Å². The number of aromatic nitrogens is 1. The summed E-state index contributed by atoms with van der Waals surface area (Å²) in [5.74, 6) is -1.90. The molecule has 1 fully saturated rings. The summed E-state index contributed by atoms with van der Waals surface area (Å²) in [5.41, 5.74) is 4.28. The van der Waals surface area contributed by atoms with Crippen molar-refractivity contribution in [1.82, 2.24) is 9.88 Å².